The van der Waals surface area contributed by atoms with E-state index in [1.807, 2.05) is 43.3 Å². The van der Waals surface area contributed by atoms with Gasteiger partial charge < -0.3 is 20.1 Å². The number of rotatable bonds is 4. The zero-order valence-corrected chi connectivity index (χ0v) is 14.9. The van der Waals surface area contributed by atoms with Crippen LogP contribution in [-0.4, -0.2) is 25.8 Å². The van der Waals surface area contributed by atoms with Gasteiger partial charge in [-0.15, -0.1) is 0 Å². The molecule has 2 aromatic rings. The number of aryl methyl sites for hydroxylation is 2. The van der Waals surface area contributed by atoms with Gasteiger partial charge in [0.15, 0.2) is 0 Å². The number of anilines is 1. The number of amides is 2. The molecule has 2 N–H and O–H groups in total. The summed E-state index contributed by atoms with van der Waals surface area (Å²) in [5.74, 6) is 1.64. The second-order valence-corrected chi connectivity index (χ2v) is 6.25. The molecule has 0 saturated heterocycles. The van der Waals surface area contributed by atoms with Crippen molar-refractivity contribution >= 4 is 11.7 Å². The molecule has 3 rings (SSSR count). The lowest BCUT2D eigenvalue weighted by Crippen LogP contribution is -2.44. The molecule has 0 radical (unpaired) electrons. The van der Waals surface area contributed by atoms with Crippen LogP contribution in [0, 0.1) is 6.92 Å². The van der Waals surface area contributed by atoms with Gasteiger partial charge in [0.1, 0.15) is 18.1 Å². The molecule has 1 heterocycles. The minimum absolute atomic E-state index is 0.0753. The number of nitrogens with one attached hydrogen (secondary N) is 2. The molecule has 2 aromatic carbocycles. The first-order valence-electron chi connectivity index (χ1n) is 8.56. The zero-order chi connectivity index (χ0) is 17.8. The van der Waals surface area contributed by atoms with Crippen molar-refractivity contribution in [3.63, 3.8) is 0 Å². The number of urea groups is 1. The van der Waals surface area contributed by atoms with Gasteiger partial charge in [-0.25, -0.2) is 4.79 Å². The molecule has 2 amide bonds. The van der Waals surface area contributed by atoms with Crippen LogP contribution in [0.25, 0.3) is 0 Å². The molecule has 1 aliphatic heterocycles. The highest BCUT2D eigenvalue weighted by atomic mass is 16.5. The molecule has 0 spiro atoms. The van der Waals surface area contributed by atoms with E-state index in [-0.39, 0.29) is 12.1 Å². The Hall–Kier alpha value is -2.69. The first-order valence-corrected chi connectivity index (χ1v) is 8.56. The molecule has 0 fully saturated rings. The van der Waals surface area contributed by atoms with Crippen LogP contribution in [0.3, 0.4) is 0 Å². The molecule has 0 aromatic heterocycles. The number of carbonyl (C=O) groups is 1. The molecule has 0 saturated carbocycles. The van der Waals surface area contributed by atoms with E-state index >= 15 is 0 Å². The standard InChI is InChI=1S/C20H24N2O3/c1-4-14-7-5-6-13(2)19(14)22-20(23)21-16-10-15-11-17(24-3)8-9-18(15)25-12-16/h5-9,11,16H,4,10,12H2,1-3H3,(H2,21,22,23). The Bertz CT molecular complexity index is 774. The first kappa shape index (κ1) is 17.1. The van der Waals surface area contributed by atoms with E-state index in [0.29, 0.717) is 13.0 Å². The van der Waals surface area contributed by atoms with E-state index in [2.05, 4.69) is 17.6 Å². The van der Waals surface area contributed by atoms with E-state index in [1.54, 1.807) is 7.11 Å². The van der Waals surface area contributed by atoms with Gasteiger partial charge in [0, 0.05) is 5.69 Å². The molecular weight excluding hydrogens is 316 g/mol. The maximum absolute atomic E-state index is 12.4. The maximum atomic E-state index is 12.4. The molecule has 1 aliphatic rings. The minimum Gasteiger partial charge on any atom is -0.497 e. The highest BCUT2D eigenvalue weighted by Crippen LogP contribution is 2.28. The SMILES string of the molecule is CCc1cccc(C)c1NC(=O)NC1COc2ccc(OC)cc2C1. The van der Waals surface area contributed by atoms with Gasteiger partial charge in [0.25, 0.3) is 0 Å². The average molecular weight is 340 g/mol. The largest absolute Gasteiger partial charge is 0.497 e. The Balaban J connectivity index is 1.66. The third kappa shape index (κ3) is 3.87. The normalized spacial score (nSPS) is 15.7. The van der Waals surface area contributed by atoms with Gasteiger partial charge >= 0.3 is 6.03 Å². The van der Waals surface area contributed by atoms with Crippen LogP contribution in [0.1, 0.15) is 23.6 Å². The number of ether oxygens (including phenoxy) is 2. The lowest BCUT2D eigenvalue weighted by atomic mass is 10.0. The van der Waals surface area contributed by atoms with Gasteiger partial charge in [0.05, 0.1) is 13.2 Å². The van der Waals surface area contributed by atoms with Crippen LogP contribution in [0.5, 0.6) is 11.5 Å². The van der Waals surface area contributed by atoms with E-state index in [0.717, 1.165) is 40.3 Å². The van der Waals surface area contributed by atoms with E-state index in [4.69, 9.17) is 9.47 Å². The Morgan fingerprint density at radius 1 is 1.32 bits per heavy atom. The summed E-state index contributed by atoms with van der Waals surface area (Å²) in [4.78, 5) is 12.4. The summed E-state index contributed by atoms with van der Waals surface area (Å²) in [6.07, 6.45) is 1.59. The van der Waals surface area contributed by atoms with Crippen molar-refractivity contribution in [2.75, 3.05) is 19.0 Å². The summed E-state index contributed by atoms with van der Waals surface area (Å²) in [5.41, 5.74) is 4.12. The summed E-state index contributed by atoms with van der Waals surface area (Å²) in [6.45, 7) is 4.54. The lowest BCUT2D eigenvalue weighted by Gasteiger charge is -2.26. The number of benzene rings is 2. The van der Waals surface area contributed by atoms with E-state index in [9.17, 15) is 4.79 Å². The van der Waals surface area contributed by atoms with E-state index in [1.165, 1.54) is 0 Å². The third-order valence-corrected chi connectivity index (χ3v) is 4.49. The van der Waals surface area contributed by atoms with Gasteiger partial charge in [-0.2, -0.15) is 0 Å². The zero-order valence-electron chi connectivity index (χ0n) is 14.9. The van der Waals surface area contributed by atoms with Crippen molar-refractivity contribution in [2.45, 2.75) is 32.7 Å². The van der Waals surface area contributed by atoms with Crippen LogP contribution in [0.2, 0.25) is 0 Å². The van der Waals surface area contributed by atoms with Crippen LogP contribution in [-0.2, 0) is 12.8 Å². The summed E-state index contributed by atoms with van der Waals surface area (Å²) < 4.78 is 11.0. The van der Waals surface area contributed by atoms with Crippen molar-refractivity contribution in [3.05, 3.63) is 53.1 Å². The predicted octanol–water partition coefficient (Wildman–Crippen LogP) is 3.69. The summed E-state index contributed by atoms with van der Waals surface area (Å²) in [6, 6.07) is 11.5. The number of fused-ring (bicyclic) bond motifs is 1. The fourth-order valence-electron chi connectivity index (χ4n) is 3.13. The highest BCUT2D eigenvalue weighted by Gasteiger charge is 2.22. The minimum atomic E-state index is -0.205. The smallest absolute Gasteiger partial charge is 0.319 e. The van der Waals surface area contributed by atoms with Gasteiger partial charge in [-0.3, -0.25) is 0 Å². The molecule has 1 unspecified atom stereocenters. The van der Waals surface area contributed by atoms with Crippen LogP contribution >= 0.6 is 0 Å². The van der Waals surface area contributed by atoms with Crippen molar-refractivity contribution in [3.8, 4) is 11.5 Å². The average Bonchev–Trinajstić information content (AvgIpc) is 2.62. The molecule has 5 nitrogen and oxygen atoms in total. The quantitative estimate of drug-likeness (QED) is 0.892. The summed E-state index contributed by atoms with van der Waals surface area (Å²) in [5, 5.41) is 6.00. The van der Waals surface area contributed by atoms with Crippen molar-refractivity contribution in [1.82, 2.24) is 5.32 Å². The number of hydrogen-bond acceptors (Lipinski definition) is 3. The maximum Gasteiger partial charge on any atom is 0.319 e. The van der Waals surface area contributed by atoms with Gasteiger partial charge in [0.2, 0.25) is 0 Å². The van der Waals surface area contributed by atoms with Crippen LogP contribution in [0.4, 0.5) is 10.5 Å². The monoisotopic (exact) mass is 340 g/mol. The number of carbonyl (C=O) groups excluding carboxylic acids is 1. The first-order chi connectivity index (χ1) is 12.1. The molecule has 5 heteroatoms. The Kier molecular flexibility index (Phi) is 5.12. The second-order valence-electron chi connectivity index (χ2n) is 6.25. The van der Waals surface area contributed by atoms with Crippen molar-refractivity contribution in [1.29, 1.82) is 0 Å². The fourth-order valence-corrected chi connectivity index (χ4v) is 3.13. The van der Waals surface area contributed by atoms with Crippen LogP contribution in [0.15, 0.2) is 36.4 Å². The van der Waals surface area contributed by atoms with Crippen molar-refractivity contribution < 1.29 is 14.3 Å². The second kappa shape index (κ2) is 7.47. The highest BCUT2D eigenvalue weighted by molar-refractivity contribution is 5.91. The lowest BCUT2D eigenvalue weighted by molar-refractivity contribution is 0.222. The van der Waals surface area contributed by atoms with Crippen LogP contribution < -0.4 is 20.1 Å². The number of para-hydroxylation sites is 1. The Labute approximate surface area is 148 Å². The van der Waals surface area contributed by atoms with Crippen molar-refractivity contribution in [2.24, 2.45) is 0 Å². The third-order valence-electron chi connectivity index (χ3n) is 4.49. The Morgan fingerprint density at radius 3 is 2.92 bits per heavy atom. The van der Waals surface area contributed by atoms with Gasteiger partial charge in [-0.1, -0.05) is 25.1 Å². The molecule has 1 atom stereocenters. The van der Waals surface area contributed by atoms with Gasteiger partial charge in [-0.05, 0) is 54.7 Å². The molecule has 0 bridgehead atoms. The topological polar surface area (TPSA) is 59.6 Å². The summed E-state index contributed by atoms with van der Waals surface area (Å²) >= 11 is 0. The number of hydrogen-bond donors (Lipinski definition) is 2. The molecular formula is C20H24N2O3. The van der Waals surface area contributed by atoms with E-state index < -0.39 is 0 Å². The molecule has 0 aliphatic carbocycles. The predicted molar refractivity (Wildman–Crippen MR) is 98.7 cm³/mol. The number of methoxy groups -OCH3 is 1. The molecule has 25 heavy (non-hydrogen) atoms. The fraction of sp³-hybridized carbons (Fsp3) is 0.350. The summed E-state index contributed by atoms with van der Waals surface area (Å²) in [7, 11) is 1.64. The molecule has 132 valence electrons. The Morgan fingerprint density at radius 2 is 2.16 bits per heavy atom.